The summed E-state index contributed by atoms with van der Waals surface area (Å²) >= 11 is 0. The fourth-order valence-electron chi connectivity index (χ4n) is 1.54. The molecule has 5 heteroatoms. The average molecular weight is 182 g/mol. The van der Waals surface area contributed by atoms with Crippen LogP contribution < -0.4 is 5.73 Å². The van der Waals surface area contributed by atoms with Crippen LogP contribution in [-0.2, 0) is 11.3 Å². The molecule has 1 aliphatic heterocycles. The molecular formula is C8H14N4O. The van der Waals surface area contributed by atoms with Crippen LogP contribution in [0.2, 0.25) is 0 Å². The van der Waals surface area contributed by atoms with E-state index in [-0.39, 0.29) is 0 Å². The Bertz CT molecular complexity index is 267. The van der Waals surface area contributed by atoms with Crippen molar-refractivity contribution in [3.05, 3.63) is 11.6 Å². The molecule has 1 saturated heterocycles. The molecule has 2 heterocycles. The summed E-state index contributed by atoms with van der Waals surface area (Å²) in [4.78, 5) is 4.31. The highest BCUT2D eigenvalue weighted by Gasteiger charge is 2.19. The van der Waals surface area contributed by atoms with Crippen molar-refractivity contribution in [2.75, 3.05) is 13.2 Å². The number of hydrogen-bond acceptors (Lipinski definition) is 4. The van der Waals surface area contributed by atoms with Gasteiger partial charge in [-0.1, -0.05) is 0 Å². The van der Waals surface area contributed by atoms with Crippen molar-refractivity contribution in [2.45, 2.75) is 25.3 Å². The van der Waals surface area contributed by atoms with E-state index < -0.39 is 0 Å². The first kappa shape index (κ1) is 8.65. The zero-order valence-corrected chi connectivity index (χ0v) is 7.49. The fourth-order valence-corrected chi connectivity index (χ4v) is 1.54. The van der Waals surface area contributed by atoms with Crippen LogP contribution in [0.5, 0.6) is 0 Å². The normalized spacial score (nSPS) is 19.2. The van der Waals surface area contributed by atoms with E-state index in [4.69, 9.17) is 10.5 Å². The molecule has 5 nitrogen and oxygen atoms in total. The standard InChI is InChI=1S/C8H14N4O/c9-5-7-10-8(12-11-7)6-1-3-13-4-2-6/h6H,1-5,9H2,(H,10,11,12). The minimum absolute atomic E-state index is 0.427. The highest BCUT2D eigenvalue weighted by atomic mass is 16.5. The van der Waals surface area contributed by atoms with Crippen LogP contribution in [0, 0.1) is 0 Å². The molecule has 0 saturated carbocycles. The number of nitrogens with two attached hydrogens (primary N) is 1. The molecule has 1 aromatic heterocycles. The third-order valence-corrected chi connectivity index (χ3v) is 2.33. The summed E-state index contributed by atoms with van der Waals surface area (Å²) in [5, 5.41) is 6.96. The molecule has 72 valence electrons. The lowest BCUT2D eigenvalue weighted by Crippen LogP contribution is -2.15. The van der Waals surface area contributed by atoms with Gasteiger partial charge in [0.05, 0.1) is 6.54 Å². The lowest BCUT2D eigenvalue weighted by Gasteiger charge is -2.18. The van der Waals surface area contributed by atoms with Crippen LogP contribution in [0.15, 0.2) is 0 Å². The van der Waals surface area contributed by atoms with Gasteiger partial charge in [-0.25, -0.2) is 4.98 Å². The summed E-state index contributed by atoms with van der Waals surface area (Å²) in [5.41, 5.74) is 5.43. The molecule has 0 unspecified atom stereocenters. The Kier molecular flexibility index (Phi) is 2.56. The highest BCUT2D eigenvalue weighted by Crippen LogP contribution is 2.23. The van der Waals surface area contributed by atoms with Crippen LogP contribution in [0.1, 0.15) is 30.4 Å². The Balaban J connectivity index is 2.05. The van der Waals surface area contributed by atoms with Gasteiger partial charge >= 0.3 is 0 Å². The number of hydrogen-bond donors (Lipinski definition) is 2. The van der Waals surface area contributed by atoms with Crippen molar-refractivity contribution in [3.63, 3.8) is 0 Å². The van der Waals surface area contributed by atoms with Crippen molar-refractivity contribution in [3.8, 4) is 0 Å². The van der Waals surface area contributed by atoms with Crippen LogP contribution in [0.25, 0.3) is 0 Å². The van der Waals surface area contributed by atoms with Crippen molar-refractivity contribution < 1.29 is 4.74 Å². The van der Waals surface area contributed by atoms with Gasteiger partial charge in [-0.15, -0.1) is 0 Å². The summed E-state index contributed by atoms with van der Waals surface area (Å²) in [7, 11) is 0. The lowest BCUT2D eigenvalue weighted by atomic mass is 10.00. The number of rotatable bonds is 2. The molecule has 1 aliphatic rings. The van der Waals surface area contributed by atoms with E-state index in [9.17, 15) is 0 Å². The average Bonchev–Trinajstić information content (AvgIpc) is 2.67. The van der Waals surface area contributed by atoms with Crippen LogP contribution in [0.3, 0.4) is 0 Å². The summed E-state index contributed by atoms with van der Waals surface area (Å²) in [6.07, 6.45) is 2.03. The number of ether oxygens (including phenoxy) is 1. The first-order valence-electron chi connectivity index (χ1n) is 4.59. The molecule has 0 aliphatic carbocycles. The summed E-state index contributed by atoms with van der Waals surface area (Å²) in [6.45, 7) is 2.06. The second-order valence-corrected chi connectivity index (χ2v) is 3.23. The van der Waals surface area contributed by atoms with Gasteiger partial charge in [0.15, 0.2) is 5.82 Å². The second-order valence-electron chi connectivity index (χ2n) is 3.23. The number of aromatic amines is 1. The van der Waals surface area contributed by atoms with E-state index in [0.29, 0.717) is 12.5 Å². The molecular weight excluding hydrogens is 168 g/mol. The van der Waals surface area contributed by atoms with Gasteiger partial charge in [0.25, 0.3) is 0 Å². The summed E-state index contributed by atoms with van der Waals surface area (Å²) in [6, 6.07) is 0. The van der Waals surface area contributed by atoms with Gasteiger partial charge in [-0.3, -0.25) is 5.10 Å². The summed E-state index contributed by atoms with van der Waals surface area (Å²) in [5.74, 6) is 2.11. The molecule has 0 radical (unpaired) electrons. The van der Waals surface area contributed by atoms with Crippen LogP contribution >= 0.6 is 0 Å². The third-order valence-electron chi connectivity index (χ3n) is 2.33. The smallest absolute Gasteiger partial charge is 0.154 e. The SMILES string of the molecule is NCc1nc(C2CCOCC2)n[nH]1. The molecule has 2 rings (SSSR count). The highest BCUT2D eigenvalue weighted by molar-refractivity contribution is 4.98. The number of aromatic nitrogens is 3. The molecule has 0 spiro atoms. The maximum Gasteiger partial charge on any atom is 0.154 e. The fraction of sp³-hybridized carbons (Fsp3) is 0.750. The predicted octanol–water partition coefficient (Wildman–Crippen LogP) is 0.157. The summed E-state index contributed by atoms with van der Waals surface area (Å²) < 4.78 is 5.26. The maximum absolute atomic E-state index is 5.43. The minimum Gasteiger partial charge on any atom is -0.381 e. The number of nitrogens with zero attached hydrogens (tertiary/aromatic N) is 2. The van der Waals surface area contributed by atoms with Crippen LogP contribution in [-0.4, -0.2) is 28.4 Å². The van der Waals surface area contributed by atoms with E-state index in [2.05, 4.69) is 15.2 Å². The van der Waals surface area contributed by atoms with E-state index in [0.717, 1.165) is 37.7 Å². The molecule has 0 bridgehead atoms. The van der Waals surface area contributed by atoms with E-state index in [1.807, 2.05) is 0 Å². The van der Waals surface area contributed by atoms with Gasteiger partial charge in [-0.05, 0) is 12.8 Å². The van der Waals surface area contributed by atoms with Crippen molar-refractivity contribution in [2.24, 2.45) is 5.73 Å². The zero-order chi connectivity index (χ0) is 9.10. The van der Waals surface area contributed by atoms with Crippen molar-refractivity contribution in [1.82, 2.24) is 15.2 Å². The predicted molar refractivity (Wildman–Crippen MR) is 47.1 cm³/mol. The molecule has 3 N–H and O–H groups in total. The largest absolute Gasteiger partial charge is 0.381 e. The van der Waals surface area contributed by atoms with Gasteiger partial charge in [0.2, 0.25) is 0 Å². The Labute approximate surface area is 76.7 Å². The molecule has 0 aromatic carbocycles. The quantitative estimate of drug-likeness (QED) is 0.683. The number of H-pyrrole nitrogens is 1. The first-order chi connectivity index (χ1) is 6.40. The Hall–Kier alpha value is -0.940. The van der Waals surface area contributed by atoms with Gasteiger partial charge in [0.1, 0.15) is 5.82 Å². The topological polar surface area (TPSA) is 76.8 Å². The Morgan fingerprint density at radius 1 is 1.46 bits per heavy atom. The molecule has 0 atom stereocenters. The van der Waals surface area contributed by atoms with Gasteiger partial charge in [0, 0.05) is 19.1 Å². The Morgan fingerprint density at radius 3 is 2.85 bits per heavy atom. The third kappa shape index (κ3) is 1.87. The van der Waals surface area contributed by atoms with Crippen molar-refractivity contribution in [1.29, 1.82) is 0 Å². The van der Waals surface area contributed by atoms with Crippen molar-refractivity contribution >= 4 is 0 Å². The van der Waals surface area contributed by atoms with Gasteiger partial charge in [-0.2, -0.15) is 5.10 Å². The Morgan fingerprint density at radius 2 is 2.23 bits per heavy atom. The lowest BCUT2D eigenvalue weighted by molar-refractivity contribution is 0.0836. The molecule has 1 aromatic rings. The van der Waals surface area contributed by atoms with Crippen LogP contribution in [0.4, 0.5) is 0 Å². The monoisotopic (exact) mass is 182 g/mol. The van der Waals surface area contributed by atoms with E-state index in [1.165, 1.54) is 0 Å². The molecule has 1 fully saturated rings. The number of nitrogens with one attached hydrogen (secondary N) is 1. The maximum atomic E-state index is 5.43. The first-order valence-corrected chi connectivity index (χ1v) is 4.59. The molecule has 13 heavy (non-hydrogen) atoms. The van der Waals surface area contributed by atoms with E-state index >= 15 is 0 Å². The zero-order valence-electron chi connectivity index (χ0n) is 7.49. The van der Waals surface area contributed by atoms with E-state index in [1.54, 1.807) is 0 Å². The van der Waals surface area contributed by atoms with Gasteiger partial charge < -0.3 is 10.5 Å². The minimum atomic E-state index is 0.427. The second kappa shape index (κ2) is 3.85. The molecule has 0 amide bonds.